The molecule has 1 aliphatic rings. The van der Waals surface area contributed by atoms with E-state index in [1.165, 1.54) is 11.6 Å². The molecule has 2 aromatic rings. The molecule has 8 heteroatoms. The van der Waals surface area contributed by atoms with Gasteiger partial charge in [-0.1, -0.05) is 35.4 Å². The van der Waals surface area contributed by atoms with Crippen molar-refractivity contribution in [3.8, 4) is 0 Å². The van der Waals surface area contributed by atoms with Crippen molar-refractivity contribution < 1.29 is 4.92 Å². The second-order valence-electron chi connectivity index (χ2n) is 5.87. The molecule has 0 atom stereocenters. The van der Waals surface area contributed by atoms with E-state index in [-0.39, 0.29) is 11.4 Å². The number of nitrogens with zero attached hydrogens (tertiary/aromatic N) is 6. The van der Waals surface area contributed by atoms with Crippen molar-refractivity contribution in [1.29, 1.82) is 0 Å². The lowest BCUT2D eigenvalue weighted by Gasteiger charge is -2.36. The van der Waals surface area contributed by atoms with Crippen LogP contribution in [0, 0.1) is 10.1 Å². The lowest BCUT2D eigenvalue weighted by Crippen LogP contribution is -2.45. The maximum absolute atomic E-state index is 11.0. The van der Waals surface area contributed by atoms with Crippen LogP contribution >= 0.6 is 0 Å². The molecule has 1 fully saturated rings. The molecular formula is C17H18N6O2. The Bertz CT molecular complexity index is 796. The molecule has 1 aliphatic heterocycles. The van der Waals surface area contributed by atoms with Crippen molar-refractivity contribution in [2.45, 2.75) is 6.54 Å². The van der Waals surface area contributed by atoms with E-state index < -0.39 is 4.92 Å². The van der Waals surface area contributed by atoms with Crippen molar-refractivity contribution >= 4 is 17.1 Å². The average molecular weight is 338 g/mol. The van der Waals surface area contributed by atoms with Crippen LogP contribution in [0.3, 0.4) is 0 Å². The van der Waals surface area contributed by atoms with Gasteiger partial charge in [0.25, 0.3) is 5.69 Å². The molecule has 1 saturated heterocycles. The Kier molecular flexibility index (Phi) is 5.13. The van der Waals surface area contributed by atoms with Gasteiger partial charge >= 0.3 is 0 Å². The normalized spacial score (nSPS) is 14.8. The summed E-state index contributed by atoms with van der Waals surface area (Å²) < 4.78 is 0. The fourth-order valence-electron chi connectivity index (χ4n) is 3.00. The van der Waals surface area contributed by atoms with Gasteiger partial charge in [0, 0.05) is 49.4 Å². The Hall–Kier alpha value is -3.09. The molecule has 2 aromatic carbocycles. The van der Waals surface area contributed by atoms with E-state index in [1.54, 1.807) is 12.1 Å². The fraction of sp³-hybridized carbons (Fsp3) is 0.294. The van der Waals surface area contributed by atoms with Crippen molar-refractivity contribution in [3.05, 3.63) is 74.7 Å². The smallest absolute Gasteiger partial charge is 0.279 e. The first kappa shape index (κ1) is 16.8. The zero-order valence-corrected chi connectivity index (χ0v) is 13.7. The maximum atomic E-state index is 11.0. The van der Waals surface area contributed by atoms with Gasteiger partial charge in [-0.15, -0.1) is 0 Å². The van der Waals surface area contributed by atoms with Gasteiger partial charge in [0.05, 0.1) is 4.92 Å². The standard InChI is InChI=1S/C17H18N6O2/c18-20-19-16-12-15(6-7-17(16)23(24)25)22-10-8-21(9-11-22)13-14-4-2-1-3-5-14/h1-7,12H,8-11,13H2. The number of hydrogen-bond acceptors (Lipinski definition) is 5. The zero-order valence-electron chi connectivity index (χ0n) is 13.7. The minimum Gasteiger partial charge on any atom is -0.369 e. The lowest BCUT2D eigenvalue weighted by molar-refractivity contribution is -0.384. The SMILES string of the molecule is [N-]=[N+]=Nc1cc(N2CCN(Cc3ccccc3)CC2)ccc1[N+](=O)[O-]. The van der Waals surface area contributed by atoms with Gasteiger partial charge in [0.1, 0.15) is 5.69 Å². The molecule has 0 N–H and O–H groups in total. The summed E-state index contributed by atoms with van der Waals surface area (Å²) in [5.41, 5.74) is 10.6. The second-order valence-corrected chi connectivity index (χ2v) is 5.87. The fourth-order valence-corrected chi connectivity index (χ4v) is 3.00. The van der Waals surface area contributed by atoms with Crippen LogP contribution in [0.2, 0.25) is 0 Å². The highest BCUT2D eigenvalue weighted by Gasteiger charge is 2.20. The van der Waals surface area contributed by atoms with Gasteiger partial charge in [-0.05, 0) is 23.2 Å². The topological polar surface area (TPSA) is 98.4 Å². The first-order valence-corrected chi connectivity index (χ1v) is 8.02. The summed E-state index contributed by atoms with van der Waals surface area (Å²) in [4.78, 5) is 17.7. The van der Waals surface area contributed by atoms with Crippen LogP contribution in [0.25, 0.3) is 10.4 Å². The number of anilines is 1. The van der Waals surface area contributed by atoms with Gasteiger partial charge in [-0.2, -0.15) is 0 Å². The molecule has 8 nitrogen and oxygen atoms in total. The second kappa shape index (κ2) is 7.65. The van der Waals surface area contributed by atoms with Crippen LogP contribution in [0.5, 0.6) is 0 Å². The Morgan fingerprint density at radius 2 is 1.84 bits per heavy atom. The van der Waals surface area contributed by atoms with Crippen molar-refractivity contribution in [1.82, 2.24) is 4.90 Å². The molecule has 0 saturated carbocycles. The molecule has 0 bridgehead atoms. The molecule has 0 radical (unpaired) electrons. The minimum absolute atomic E-state index is 0.0525. The highest BCUT2D eigenvalue weighted by molar-refractivity contribution is 5.66. The molecule has 128 valence electrons. The highest BCUT2D eigenvalue weighted by Crippen LogP contribution is 2.32. The first-order chi connectivity index (χ1) is 12.2. The van der Waals surface area contributed by atoms with E-state index in [0.29, 0.717) is 0 Å². The Morgan fingerprint density at radius 3 is 2.48 bits per heavy atom. The number of nitro benzene ring substituents is 1. The van der Waals surface area contributed by atoms with Crippen LogP contribution in [-0.2, 0) is 6.54 Å². The molecule has 0 spiro atoms. The van der Waals surface area contributed by atoms with Crippen molar-refractivity contribution in [3.63, 3.8) is 0 Å². The Labute approximate surface area is 145 Å². The van der Waals surface area contributed by atoms with Crippen LogP contribution < -0.4 is 4.90 Å². The third-order valence-electron chi connectivity index (χ3n) is 4.29. The summed E-state index contributed by atoms with van der Waals surface area (Å²) in [7, 11) is 0. The van der Waals surface area contributed by atoms with Crippen molar-refractivity contribution in [2.24, 2.45) is 5.11 Å². The summed E-state index contributed by atoms with van der Waals surface area (Å²) >= 11 is 0. The molecule has 0 aromatic heterocycles. The third kappa shape index (κ3) is 4.06. The summed E-state index contributed by atoms with van der Waals surface area (Å²) in [6, 6.07) is 15.0. The van der Waals surface area contributed by atoms with Gasteiger partial charge in [-0.3, -0.25) is 15.0 Å². The first-order valence-electron chi connectivity index (χ1n) is 8.02. The number of azide groups is 1. The molecule has 3 rings (SSSR count). The van der Waals surface area contributed by atoms with Crippen LogP contribution in [-0.4, -0.2) is 36.0 Å². The van der Waals surface area contributed by atoms with Crippen LogP contribution in [0.15, 0.2) is 53.6 Å². The number of hydrogen-bond donors (Lipinski definition) is 0. The summed E-state index contributed by atoms with van der Waals surface area (Å²) in [5, 5.41) is 14.5. The molecule has 1 heterocycles. The van der Waals surface area contributed by atoms with Gasteiger partial charge in [0.15, 0.2) is 0 Å². The van der Waals surface area contributed by atoms with Crippen molar-refractivity contribution in [2.75, 3.05) is 31.1 Å². The van der Waals surface area contributed by atoms with Gasteiger partial charge in [0.2, 0.25) is 0 Å². The summed E-state index contributed by atoms with van der Waals surface area (Å²) in [6.45, 7) is 4.37. The minimum atomic E-state index is -0.536. The van der Waals surface area contributed by atoms with E-state index in [4.69, 9.17) is 5.53 Å². The van der Waals surface area contributed by atoms with E-state index in [9.17, 15) is 10.1 Å². The zero-order chi connectivity index (χ0) is 17.6. The summed E-state index contributed by atoms with van der Waals surface area (Å²) in [6.07, 6.45) is 0. The number of piperazine rings is 1. The van der Waals surface area contributed by atoms with E-state index >= 15 is 0 Å². The van der Waals surface area contributed by atoms with Gasteiger partial charge < -0.3 is 4.90 Å². The third-order valence-corrected chi connectivity index (χ3v) is 4.29. The van der Waals surface area contributed by atoms with E-state index in [1.807, 2.05) is 18.2 Å². The van der Waals surface area contributed by atoms with Gasteiger partial charge in [-0.25, -0.2) is 0 Å². The number of benzene rings is 2. The molecule has 0 amide bonds. The average Bonchev–Trinajstić information content (AvgIpc) is 2.63. The molecule has 25 heavy (non-hydrogen) atoms. The molecule has 0 unspecified atom stereocenters. The predicted octanol–water partition coefficient (Wildman–Crippen LogP) is 3.86. The lowest BCUT2D eigenvalue weighted by atomic mass is 10.1. The predicted molar refractivity (Wildman–Crippen MR) is 95.8 cm³/mol. The van der Waals surface area contributed by atoms with E-state index in [2.05, 4.69) is 32.0 Å². The monoisotopic (exact) mass is 338 g/mol. The van der Waals surface area contributed by atoms with Crippen LogP contribution in [0.1, 0.15) is 5.56 Å². The largest absolute Gasteiger partial charge is 0.369 e. The Morgan fingerprint density at radius 1 is 1.12 bits per heavy atom. The van der Waals surface area contributed by atoms with E-state index in [0.717, 1.165) is 38.4 Å². The number of nitro groups is 1. The molecular weight excluding hydrogens is 320 g/mol. The summed E-state index contributed by atoms with van der Waals surface area (Å²) in [5.74, 6) is 0. The number of rotatable bonds is 5. The molecule has 0 aliphatic carbocycles. The Balaban J connectivity index is 1.67. The maximum Gasteiger partial charge on any atom is 0.279 e. The highest BCUT2D eigenvalue weighted by atomic mass is 16.6. The quantitative estimate of drug-likeness (QED) is 0.272. The van der Waals surface area contributed by atoms with Crippen LogP contribution in [0.4, 0.5) is 17.1 Å².